The predicted octanol–water partition coefficient (Wildman–Crippen LogP) is 4.26. The fourth-order valence-corrected chi connectivity index (χ4v) is 4.56. The van der Waals surface area contributed by atoms with Gasteiger partial charge in [0.1, 0.15) is 6.10 Å². The standard InChI is InChI=1S/C28H41NO7/c1-17(7-10-23-13-18(2)14-24(36-23)16-28(32)33)8-11-26-19(3)15-25(21(5)35-26)29-27(31)12-9-20(4)34-22(6)30/h7-10,12,19-21,23-26H,2,11,13-16H2,1,3-6H3,(H,29,31)(H,32,33)/b10-7+,12-9-,17-8+/t19-,20-,21+,23+,24?,25+,26-/m0/s1. The number of esters is 1. The minimum Gasteiger partial charge on any atom is -0.481 e. The van der Waals surface area contributed by atoms with Crippen LogP contribution in [0.15, 0.2) is 48.1 Å². The third-order valence-corrected chi connectivity index (χ3v) is 6.44. The number of hydrogen-bond donors (Lipinski definition) is 2. The lowest BCUT2D eigenvalue weighted by atomic mass is 9.88. The summed E-state index contributed by atoms with van der Waals surface area (Å²) in [6.45, 7) is 13.2. The van der Waals surface area contributed by atoms with Gasteiger partial charge in [-0.2, -0.15) is 0 Å². The molecule has 8 nitrogen and oxygen atoms in total. The SMILES string of the molecule is C=C1CC(CC(=O)O)O[C@H](/C=C/C(C)=C/C[C@@H]2O[C@H](C)[C@H](NC(=O)/C=C\[C@H](C)OC(C)=O)C[C@@H]2C)C1. The van der Waals surface area contributed by atoms with Crippen LogP contribution in [0.3, 0.4) is 0 Å². The van der Waals surface area contributed by atoms with Crippen LogP contribution >= 0.6 is 0 Å². The van der Waals surface area contributed by atoms with E-state index in [1.165, 1.54) is 13.0 Å². The van der Waals surface area contributed by atoms with Crippen molar-refractivity contribution in [3.63, 3.8) is 0 Å². The molecule has 1 amide bonds. The molecule has 2 aliphatic heterocycles. The Labute approximate surface area is 214 Å². The van der Waals surface area contributed by atoms with Gasteiger partial charge in [-0.25, -0.2) is 0 Å². The number of carboxylic acids is 1. The molecule has 2 N–H and O–H groups in total. The van der Waals surface area contributed by atoms with Crippen LogP contribution in [0.5, 0.6) is 0 Å². The zero-order chi connectivity index (χ0) is 26.8. The monoisotopic (exact) mass is 503 g/mol. The van der Waals surface area contributed by atoms with Gasteiger partial charge in [-0.05, 0) is 58.4 Å². The van der Waals surface area contributed by atoms with Gasteiger partial charge in [-0.15, -0.1) is 0 Å². The van der Waals surface area contributed by atoms with E-state index in [1.807, 2.05) is 26.0 Å². The van der Waals surface area contributed by atoms with Gasteiger partial charge >= 0.3 is 11.9 Å². The molecule has 36 heavy (non-hydrogen) atoms. The number of hydrogen-bond acceptors (Lipinski definition) is 6. The molecule has 0 saturated carbocycles. The van der Waals surface area contributed by atoms with Crippen molar-refractivity contribution in [2.75, 3.05) is 0 Å². The highest BCUT2D eigenvalue weighted by Gasteiger charge is 2.33. The molecule has 1 unspecified atom stereocenters. The van der Waals surface area contributed by atoms with Gasteiger partial charge in [0.2, 0.25) is 5.91 Å². The average molecular weight is 504 g/mol. The van der Waals surface area contributed by atoms with E-state index in [-0.39, 0.29) is 54.7 Å². The summed E-state index contributed by atoms with van der Waals surface area (Å²) in [6.07, 6.45) is 10.8. The molecule has 0 spiro atoms. The van der Waals surface area contributed by atoms with Crippen molar-refractivity contribution in [3.8, 4) is 0 Å². The van der Waals surface area contributed by atoms with E-state index in [2.05, 4.69) is 24.9 Å². The summed E-state index contributed by atoms with van der Waals surface area (Å²) in [5, 5.41) is 12.0. The number of rotatable bonds is 10. The summed E-state index contributed by atoms with van der Waals surface area (Å²) in [6, 6.07) is -0.0994. The average Bonchev–Trinajstić information content (AvgIpc) is 2.76. The molecule has 8 heteroatoms. The first kappa shape index (κ1) is 29.5. The Morgan fingerprint density at radius 1 is 1.19 bits per heavy atom. The van der Waals surface area contributed by atoms with Gasteiger partial charge < -0.3 is 24.6 Å². The number of carboxylic acid groups (broad SMARTS) is 1. The van der Waals surface area contributed by atoms with Crippen molar-refractivity contribution in [2.24, 2.45) is 5.92 Å². The van der Waals surface area contributed by atoms with E-state index in [9.17, 15) is 14.4 Å². The molecule has 2 heterocycles. The third-order valence-electron chi connectivity index (χ3n) is 6.44. The molecule has 0 radical (unpaired) electrons. The maximum Gasteiger partial charge on any atom is 0.305 e. The summed E-state index contributed by atoms with van der Waals surface area (Å²) in [5.41, 5.74) is 2.09. The van der Waals surface area contributed by atoms with Crippen molar-refractivity contribution in [1.82, 2.24) is 5.32 Å². The molecule has 2 rings (SSSR count). The molecular formula is C28H41NO7. The summed E-state index contributed by atoms with van der Waals surface area (Å²) in [5.74, 6) is -1.24. The van der Waals surface area contributed by atoms with E-state index < -0.39 is 12.1 Å². The summed E-state index contributed by atoms with van der Waals surface area (Å²) in [4.78, 5) is 34.3. The first-order valence-corrected chi connectivity index (χ1v) is 12.6. The molecule has 200 valence electrons. The van der Waals surface area contributed by atoms with Crippen LogP contribution in [-0.4, -0.2) is 59.5 Å². The lowest BCUT2D eigenvalue weighted by Gasteiger charge is -2.39. The minimum atomic E-state index is -0.864. The number of ether oxygens (including phenoxy) is 3. The molecule has 0 aliphatic carbocycles. The van der Waals surface area contributed by atoms with E-state index in [4.69, 9.17) is 19.3 Å². The van der Waals surface area contributed by atoms with Crippen molar-refractivity contribution in [1.29, 1.82) is 0 Å². The number of nitrogens with one attached hydrogen (secondary N) is 1. The van der Waals surface area contributed by atoms with Crippen LogP contribution in [0.25, 0.3) is 0 Å². The Hall–Kier alpha value is -2.71. The molecule has 0 bridgehead atoms. The highest BCUT2D eigenvalue weighted by atomic mass is 16.5. The van der Waals surface area contributed by atoms with Gasteiger partial charge in [0.15, 0.2) is 0 Å². The number of carbonyl (C=O) groups is 3. The normalized spacial score (nSPS) is 30.4. The van der Waals surface area contributed by atoms with Gasteiger partial charge in [-0.3, -0.25) is 14.4 Å². The quantitative estimate of drug-likeness (QED) is 0.198. The maximum absolute atomic E-state index is 12.3. The minimum absolute atomic E-state index is 0.0155. The number of amides is 1. The topological polar surface area (TPSA) is 111 Å². The highest BCUT2D eigenvalue weighted by Crippen LogP contribution is 2.29. The van der Waals surface area contributed by atoms with E-state index in [0.717, 1.165) is 24.0 Å². The van der Waals surface area contributed by atoms with Crippen LogP contribution in [-0.2, 0) is 28.6 Å². The summed E-state index contributed by atoms with van der Waals surface area (Å²) in [7, 11) is 0. The Balaban J connectivity index is 1.84. The lowest BCUT2D eigenvalue weighted by molar-refractivity contribution is -0.143. The van der Waals surface area contributed by atoms with Gasteiger partial charge in [0.05, 0.1) is 36.9 Å². The zero-order valence-electron chi connectivity index (χ0n) is 22.1. The maximum atomic E-state index is 12.3. The van der Waals surface area contributed by atoms with Gasteiger partial charge in [-0.1, -0.05) is 42.9 Å². The molecule has 2 aliphatic rings. The molecule has 0 aromatic carbocycles. The van der Waals surface area contributed by atoms with Crippen LogP contribution in [0.1, 0.15) is 66.7 Å². The fourth-order valence-electron chi connectivity index (χ4n) is 4.56. The van der Waals surface area contributed by atoms with Crippen molar-refractivity contribution >= 4 is 17.8 Å². The first-order chi connectivity index (χ1) is 16.9. The Morgan fingerprint density at radius 2 is 1.92 bits per heavy atom. The van der Waals surface area contributed by atoms with E-state index >= 15 is 0 Å². The number of aliphatic carboxylic acids is 1. The number of allylic oxidation sites excluding steroid dienone is 2. The fraction of sp³-hybridized carbons (Fsp3) is 0.607. The predicted molar refractivity (Wildman–Crippen MR) is 137 cm³/mol. The second-order valence-electron chi connectivity index (χ2n) is 9.98. The van der Waals surface area contributed by atoms with E-state index in [1.54, 1.807) is 13.0 Å². The van der Waals surface area contributed by atoms with Crippen molar-refractivity contribution in [3.05, 3.63) is 48.1 Å². The van der Waals surface area contributed by atoms with Gasteiger partial charge in [0, 0.05) is 13.0 Å². The van der Waals surface area contributed by atoms with Crippen LogP contribution < -0.4 is 5.32 Å². The van der Waals surface area contributed by atoms with E-state index in [0.29, 0.717) is 12.8 Å². The second-order valence-corrected chi connectivity index (χ2v) is 9.98. The van der Waals surface area contributed by atoms with Crippen LogP contribution in [0.2, 0.25) is 0 Å². The number of carbonyl (C=O) groups excluding carboxylic acids is 2. The second kappa shape index (κ2) is 14.1. The zero-order valence-corrected chi connectivity index (χ0v) is 22.1. The molecule has 0 aromatic rings. The molecule has 7 atom stereocenters. The molecular weight excluding hydrogens is 462 g/mol. The largest absolute Gasteiger partial charge is 0.481 e. The molecule has 2 saturated heterocycles. The van der Waals surface area contributed by atoms with Crippen molar-refractivity contribution < 1.29 is 33.7 Å². The van der Waals surface area contributed by atoms with Gasteiger partial charge in [0.25, 0.3) is 0 Å². The van der Waals surface area contributed by atoms with Crippen LogP contribution in [0, 0.1) is 5.92 Å². The highest BCUT2D eigenvalue weighted by molar-refractivity contribution is 5.87. The Kier molecular flexibility index (Phi) is 11.6. The summed E-state index contributed by atoms with van der Waals surface area (Å²) >= 11 is 0. The van der Waals surface area contributed by atoms with Crippen molar-refractivity contribution in [2.45, 2.75) is 103 Å². The molecule has 0 aromatic heterocycles. The smallest absolute Gasteiger partial charge is 0.305 e. The lowest BCUT2D eigenvalue weighted by Crippen LogP contribution is -2.50. The first-order valence-electron chi connectivity index (χ1n) is 12.6. The van der Waals surface area contributed by atoms with Crippen LogP contribution in [0.4, 0.5) is 0 Å². The summed E-state index contributed by atoms with van der Waals surface area (Å²) < 4.78 is 17.1. The third kappa shape index (κ3) is 10.5. The Bertz CT molecular complexity index is 888. The Morgan fingerprint density at radius 3 is 2.58 bits per heavy atom. The molecule has 2 fully saturated rings.